The average Bonchev–Trinajstić information content (AvgIpc) is 3.19. The summed E-state index contributed by atoms with van der Waals surface area (Å²) < 4.78 is 5.06. The van der Waals surface area contributed by atoms with Crippen LogP contribution in [0, 0.1) is 5.41 Å². The van der Waals surface area contributed by atoms with E-state index in [4.69, 9.17) is 16.3 Å². The fourth-order valence-corrected chi connectivity index (χ4v) is 5.68. The monoisotopic (exact) mass is 392 g/mol. The predicted octanol–water partition coefficient (Wildman–Crippen LogP) is 4.06. The lowest BCUT2D eigenvalue weighted by Gasteiger charge is -2.50. The van der Waals surface area contributed by atoms with Crippen LogP contribution in [0.1, 0.15) is 43.5 Å². The minimum absolute atomic E-state index is 0.0466. The number of rotatable bonds is 4. The van der Waals surface area contributed by atoms with Gasteiger partial charge in [0.25, 0.3) is 0 Å². The highest BCUT2D eigenvalue weighted by Gasteiger charge is 2.54. The van der Waals surface area contributed by atoms with Crippen LogP contribution in [0.25, 0.3) is 10.6 Å². The maximum atomic E-state index is 12.2. The van der Waals surface area contributed by atoms with Crippen molar-refractivity contribution in [2.24, 2.45) is 5.41 Å². The van der Waals surface area contributed by atoms with Crippen molar-refractivity contribution in [1.82, 2.24) is 15.2 Å². The molecule has 2 aromatic heterocycles. The number of esters is 1. The first kappa shape index (κ1) is 17.7. The summed E-state index contributed by atoms with van der Waals surface area (Å²) in [6.07, 6.45) is 7.26. The standard InChI is InChI=1S/C18H21ClN4O2S/c1-20-12-9-13(19)21-10-11(12)14-22-23-15(26-14)17-3-6-18(7-4-17,8-5-17)16(24)25-2/h9-10H,3-8H2,1-2H3,(H,20,21). The van der Waals surface area contributed by atoms with E-state index in [1.54, 1.807) is 23.6 Å². The molecule has 0 aromatic carbocycles. The molecule has 3 aliphatic carbocycles. The summed E-state index contributed by atoms with van der Waals surface area (Å²) in [5.74, 6) is -0.0466. The zero-order valence-corrected chi connectivity index (χ0v) is 16.4. The number of pyridine rings is 1. The zero-order chi connectivity index (χ0) is 18.4. The van der Waals surface area contributed by atoms with Crippen molar-refractivity contribution >= 4 is 34.6 Å². The lowest BCUT2D eigenvalue weighted by molar-refractivity contribution is -0.160. The molecule has 0 atom stereocenters. The molecule has 6 nitrogen and oxygen atoms in total. The number of anilines is 1. The molecule has 3 aliphatic rings. The highest BCUT2D eigenvalue weighted by molar-refractivity contribution is 7.14. The zero-order valence-electron chi connectivity index (χ0n) is 14.8. The molecule has 1 N–H and O–H groups in total. The molecule has 138 valence electrons. The Morgan fingerprint density at radius 2 is 1.92 bits per heavy atom. The Balaban J connectivity index is 1.61. The lowest BCUT2D eigenvalue weighted by Crippen LogP contribution is -2.48. The van der Waals surface area contributed by atoms with Gasteiger partial charge in [0.2, 0.25) is 0 Å². The maximum Gasteiger partial charge on any atom is 0.311 e. The van der Waals surface area contributed by atoms with Gasteiger partial charge in [0.05, 0.1) is 18.1 Å². The SMILES string of the molecule is CNc1cc(Cl)ncc1-c1nnc(C23CCC(C(=O)OC)(CC2)CC3)s1. The normalized spacial score (nSPS) is 27.3. The summed E-state index contributed by atoms with van der Waals surface area (Å²) in [5.41, 5.74) is 1.57. The lowest BCUT2D eigenvalue weighted by atomic mass is 9.54. The molecule has 2 bridgehead atoms. The number of halogens is 1. The number of hydrogen-bond donors (Lipinski definition) is 1. The van der Waals surface area contributed by atoms with Gasteiger partial charge in [0.1, 0.15) is 10.2 Å². The van der Waals surface area contributed by atoms with E-state index in [-0.39, 0.29) is 16.8 Å². The van der Waals surface area contributed by atoms with Crippen LogP contribution in [0.3, 0.4) is 0 Å². The van der Waals surface area contributed by atoms with Gasteiger partial charge >= 0.3 is 5.97 Å². The molecule has 26 heavy (non-hydrogen) atoms. The summed E-state index contributed by atoms with van der Waals surface area (Å²) in [7, 11) is 3.34. The number of nitrogens with zero attached hydrogens (tertiary/aromatic N) is 3. The van der Waals surface area contributed by atoms with Gasteiger partial charge in [0.15, 0.2) is 5.01 Å². The fourth-order valence-electron chi connectivity index (χ4n) is 4.38. The van der Waals surface area contributed by atoms with Crippen LogP contribution in [0.2, 0.25) is 5.15 Å². The Morgan fingerprint density at radius 1 is 1.23 bits per heavy atom. The number of aromatic nitrogens is 3. The number of carbonyl (C=O) groups excluding carboxylic acids is 1. The smallest absolute Gasteiger partial charge is 0.311 e. The molecule has 3 saturated carbocycles. The molecule has 0 aliphatic heterocycles. The van der Waals surface area contributed by atoms with Crippen LogP contribution < -0.4 is 5.32 Å². The van der Waals surface area contributed by atoms with E-state index >= 15 is 0 Å². The molecule has 0 amide bonds. The number of methoxy groups -OCH3 is 1. The van der Waals surface area contributed by atoms with Gasteiger partial charge in [-0.25, -0.2) is 4.98 Å². The second-order valence-electron chi connectivity index (χ2n) is 7.27. The van der Waals surface area contributed by atoms with Gasteiger partial charge in [0, 0.05) is 24.3 Å². The van der Waals surface area contributed by atoms with Crippen LogP contribution in [0.5, 0.6) is 0 Å². The molecule has 2 heterocycles. The van der Waals surface area contributed by atoms with E-state index in [0.717, 1.165) is 59.8 Å². The van der Waals surface area contributed by atoms with Gasteiger partial charge in [-0.3, -0.25) is 4.79 Å². The van der Waals surface area contributed by atoms with Gasteiger partial charge in [-0.15, -0.1) is 10.2 Å². The molecule has 0 unspecified atom stereocenters. The number of fused-ring (bicyclic) bond motifs is 3. The van der Waals surface area contributed by atoms with Crippen LogP contribution in [-0.2, 0) is 14.9 Å². The van der Waals surface area contributed by atoms with Crippen molar-refractivity contribution < 1.29 is 9.53 Å². The Labute approximate surface area is 161 Å². The van der Waals surface area contributed by atoms with Crippen molar-refractivity contribution in [1.29, 1.82) is 0 Å². The van der Waals surface area contributed by atoms with Crippen molar-refractivity contribution in [3.8, 4) is 10.6 Å². The third-order valence-electron chi connectivity index (χ3n) is 6.11. The third-order valence-corrected chi connectivity index (χ3v) is 7.52. The van der Waals surface area contributed by atoms with Crippen LogP contribution in [-0.4, -0.2) is 35.3 Å². The largest absolute Gasteiger partial charge is 0.469 e. The second-order valence-corrected chi connectivity index (χ2v) is 8.63. The molecule has 3 fully saturated rings. The average molecular weight is 393 g/mol. The number of carbonyl (C=O) groups is 1. The maximum absolute atomic E-state index is 12.2. The molecule has 5 rings (SSSR count). The van der Waals surface area contributed by atoms with Crippen molar-refractivity contribution in [3.63, 3.8) is 0 Å². The number of hydrogen-bond acceptors (Lipinski definition) is 7. The Kier molecular flexibility index (Phi) is 4.39. The first-order chi connectivity index (χ1) is 12.5. The Hall–Kier alpha value is -1.73. The molecular formula is C18H21ClN4O2S. The van der Waals surface area contributed by atoms with E-state index in [2.05, 4.69) is 20.5 Å². The Morgan fingerprint density at radius 3 is 2.54 bits per heavy atom. The Bertz CT molecular complexity index is 829. The first-order valence-corrected chi connectivity index (χ1v) is 9.97. The van der Waals surface area contributed by atoms with E-state index in [1.165, 1.54) is 7.11 Å². The molecule has 2 aromatic rings. The first-order valence-electron chi connectivity index (χ1n) is 8.78. The van der Waals surface area contributed by atoms with Gasteiger partial charge in [-0.05, 0) is 44.6 Å². The summed E-state index contributed by atoms with van der Waals surface area (Å²) in [6, 6.07) is 1.79. The van der Waals surface area contributed by atoms with Gasteiger partial charge < -0.3 is 10.1 Å². The minimum atomic E-state index is -0.274. The molecular weight excluding hydrogens is 372 g/mol. The fraction of sp³-hybridized carbons (Fsp3) is 0.556. The second kappa shape index (κ2) is 6.46. The van der Waals surface area contributed by atoms with Crippen LogP contribution in [0.15, 0.2) is 12.3 Å². The van der Waals surface area contributed by atoms with Crippen LogP contribution in [0.4, 0.5) is 5.69 Å². The molecule has 0 saturated heterocycles. The summed E-state index contributed by atoms with van der Waals surface area (Å²) in [5, 5.41) is 14.5. The van der Waals surface area contributed by atoms with Crippen molar-refractivity contribution in [3.05, 3.63) is 22.4 Å². The molecule has 8 heteroatoms. The molecule has 0 radical (unpaired) electrons. The van der Waals surface area contributed by atoms with Crippen molar-refractivity contribution in [2.75, 3.05) is 19.5 Å². The van der Waals surface area contributed by atoms with E-state index in [1.807, 2.05) is 7.05 Å². The van der Waals surface area contributed by atoms with E-state index in [0.29, 0.717) is 5.15 Å². The van der Waals surface area contributed by atoms with Crippen molar-refractivity contribution in [2.45, 2.75) is 43.9 Å². The topological polar surface area (TPSA) is 77.0 Å². The molecule has 0 spiro atoms. The van der Waals surface area contributed by atoms with Crippen LogP contribution >= 0.6 is 22.9 Å². The highest BCUT2D eigenvalue weighted by atomic mass is 35.5. The van der Waals surface area contributed by atoms with E-state index < -0.39 is 0 Å². The number of nitrogens with one attached hydrogen (secondary N) is 1. The van der Waals surface area contributed by atoms with E-state index in [9.17, 15) is 4.79 Å². The number of ether oxygens (including phenoxy) is 1. The van der Waals surface area contributed by atoms with Gasteiger partial charge in [-0.1, -0.05) is 22.9 Å². The summed E-state index contributed by atoms with van der Waals surface area (Å²) in [4.78, 5) is 16.4. The summed E-state index contributed by atoms with van der Waals surface area (Å²) in [6.45, 7) is 0. The quantitative estimate of drug-likeness (QED) is 0.624. The highest BCUT2D eigenvalue weighted by Crippen LogP contribution is 2.58. The third kappa shape index (κ3) is 2.68. The van der Waals surface area contributed by atoms with Gasteiger partial charge in [-0.2, -0.15) is 0 Å². The minimum Gasteiger partial charge on any atom is -0.469 e. The predicted molar refractivity (Wildman–Crippen MR) is 102 cm³/mol. The summed E-state index contributed by atoms with van der Waals surface area (Å²) >= 11 is 7.62.